The molecule has 1 fully saturated rings. The molecule has 3 rings (SSSR count). The average Bonchev–Trinajstić information content (AvgIpc) is 3.27. The topological polar surface area (TPSA) is 106 Å². The first kappa shape index (κ1) is 27.0. The molecule has 1 aliphatic rings. The number of rotatable bonds is 12. The number of carbonyl (C=O) groups is 3. The lowest BCUT2D eigenvalue weighted by molar-refractivity contribution is -0.591. The number of hydrogen-bond acceptors (Lipinski definition) is 5. The number of anilines is 1. The maximum atomic E-state index is 14.4. The number of carbonyl (C=O) groups excluding carboxylic acids is 3. The quantitative estimate of drug-likeness (QED) is 0.207. The second-order valence-electron chi connectivity index (χ2n) is 8.69. The summed E-state index contributed by atoms with van der Waals surface area (Å²) in [5.74, 6) is -2.96. The minimum atomic E-state index is -1.43. The van der Waals surface area contributed by atoms with Gasteiger partial charge in [-0.05, 0) is 18.1 Å². The standard InChI is InChI=1S/C25H30F2N4O5/c1-2-3-9-19(13-29(17-32)36-16-18-7-5-4-6-8-18)25(34)30-14-21(27)12-22(30)24(33)28-23-11-10-20(26)15-31(23)35/h4-8,10-11,15,17,19,21-22H,2-3,9,12-14,16H2,1H3,(H,28,33)/t19-,21-,22+/m1/s1. The Kier molecular flexibility index (Phi) is 9.69. The zero-order valence-electron chi connectivity index (χ0n) is 20.0. The van der Waals surface area contributed by atoms with E-state index in [1.807, 2.05) is 37.3 Å². The molecular weight excluding hydrogens is 474 g/mol. The predicted molar refractivity (Wildman–Crippen MR) is 126 cm³/mol. The van der Waals surface area contributed by atoms with Crippen LogP contribution in [-0.4, -0.2) is 53.5 Å². The first-order chi connectivity index (χ1) is 17.3. The van der Waals surface area contributed by atoms with E-state index in [1.54, 1.807) is 0 Å². The Balaban J connectivity index is 1.71. The second kappa shape index (κ2) is 12.9. The molecule has 1 N–H and O–H groups in total. The molecule has 2 heterocycles. The van der Waals surface area contributed by atoms with E-state index in [0.29, 0.717) is 25.4 Å². The van der Waals surface area contributed by atoms with E-state index in [9.17, 15) is 28.4 Å². The molecule has 1 aliphatic heterocycles. The summed E-state index contributed by atoms with van der Waals surface area (Å²) in [6.45, 7) is 1.74. The molecule has 0 unspecified atom stereocenters. The lowest BCUT2D eigenvalue weighted by Gasteiger charge is -2.29. The summed E-state index contributed by atoms with van der Waals surface area (Å²) in [5.41, 5.74) is 0.841. The highest BCUT2D eigenvalue weighted by molar-refractivity contribution is 5.97. The number of nitrogens with zero attached hydrogens (tertiary/aromatic N) is 3. The van der Waals surface area contributed by atoms with Crippen LogP contribution in [-0.2, 0) is 25.8 Å². The molecular formula is C25H30F2N4O5. The van der Waals surface area contributed by atoms with Gasteiger partial charge in [-0.15, -0.1) is 0 Å². The van der Waals surface area contributed by atoms with Gasteiger partial charge in [0.15, 0.2) is 5.82 Å². The van der Waals surface area contributed by atoms with Crippen LogP contribution in [0.15, 0.2) is 48.7 Å². The van der Waals surface area contributed by atoms with Crippen LogP contribution in [0.25, 0.3) is 0 Å². The number of alkyl halides is 1. The molecule has 1 aromatic carbocycles. The highest BCUT2D eigenvalue weighted by Gasteiger charge is 2.44. The van der Waals surface area contributed by atoms with Crippen LogP contribution in [0.3, 0.4) is 0 Å². The minimum absolute atomic E-state index is 0.0600. The molecule has 3 atom stereocenters. The van der Waals surface area contributed by atoms with E-state index >= 15 is 0 Å². The Labute approximate surface area is 208 Å². The Hall–Kier alpha value is -3.60. The van der Waals surface area contributed by atoms with Gasteiger partial charge in [-0.3, -0.25) is 14.4 Å². The number of amides is 3. The zero-order valence-corrected chi connectivity index (χ0v) is 20.0. The van der Waals surface area contributed by atoms with Crippen LogP contribution in [0.1, 0.15) is 38.2 Å². The lowest BCUT2D eigenvalue weighted by Crippen LogP contribution is -2.48. The van der Waals surface area contributed by atoms with E-state index < -0.39 is 35.8 Å². The van der Waals surface area contributed by atoms with E-state index in [0.717, 1.165) is 34.1 Å². The number of likely N-dealkylation sites (tertiary alicyclic amines) is 1. The van der Waals surface area contributed by atoms with Crippen molar-refractivity contribution in [3.05, 3.63) is 65.2 Å². The van der Waals surface area contributed by atoms with Crippen molar-refractivity contribution < 1.29 is 32.7 Å². The van der Waals surface area contributed by atoms with Gasteiger partial charge in [0, 0.05) is 12.5 Å². The number of nitrogens with one attached hydrogen (secondary N) is 1. The number of hydrogen-bond donors (Lipinski definition) is 1. The third-order valence-electron chi connectivity index (χ3n) is 5.98. The van der Waals surface area contributed by atoms with Crippen molar-refractivity contribution in [3.8, 4) is 0 Å². The van der Waals surface area contributed by atoms with Crippen molar-refractivity contribution in [1.82, 2.24) is 9.96 Å². The molecule has 0 spiro atoms. The molecule has 0 bridgehead atoms. The molecule has 3 amide bonds. The predicted octanol–water partition coefficient (Wildman–Crippen LogP) is 2.73. The Bertz CT molecular complexity index is 1040. The summed E-state index contributed by atoms with van der Waals surface area (Å²) < 4.78 is 27.7. The van der Waals surface area contributed by atoms with Gasteiger partial charge in [0.2, 0.25) is 12.3 Å². The second-order valence-corrected chi connectivity index (χ2v) is 8.69. The SMILES string of the molecule is CCCC[C@H](CN(C=O)OCc1ccccc1)C(=O)N1C[C@H](F)C[C@H]1C(=O)Nc1ccc(F)c[n+]1[O-]. The summed E-state index contributed by atoms with van der Waals surface area (Å²) in [6.07, 6.45) is 1.35. The number of pyridine rings is 1. The van der Waals surface area contributed by atoms with Crippen molar-refractivity contribution in [1.29, 1.82) is 0 Å². The largest absolute Gasteiger partial charge is 0.711 e. The Morgan fingerprint density at radius 2 is 2.06 bits per heavy atom. The lowest BCUT2D eigenvalue weighted by atomic mass is 9.99. The summed E-state index contributed by atoms with van der Waals surface area (Å²) in [5, 5.41) is 15.3. The number of benzene rings is 1. The average molecular weight is 505 g/mol. The molecule has 36 heavy (non-hydrogen) atoms. The maximum Gasteiger partial charge on any atom is 0.330 e. The van der Waals surface area contributed by atoms with Gasteiger partial charge >= 0.3 is 5.91 Å². The first-order valence-electron chi connectivity index (χ1n) is 11.8. The van der Waals surface area contributed by atoms with Crippen LogP contribution < -0.4 is 10.0 Å². The molecule has 0 saturated carbocycles. The number of hydroxylamine groups is 2. The van der Waals surface area contributed by atoms with E-state index in [1.165, 1.54) is 0 Å². The van der Waals surface area contributed by atoms with Crippen LogP contribution >= 0.6 is 0 Å². The van der Waals surface area contributed by atoms with Crippen molar-refractivity contribution in [3.63, 3.8) is 0 Å². The fourth-order valence-corrected chi connectivity index (χ4v) is 4.09. The van der Waals surface area contributed by atoms with Crippen molar-refractivity contribution in [2.45, 2.75) is 51.4 Å². The van der Waals surface area contributed by atoms with Crippen LogP contribution in [0.2, 0.25) is 0 Å². The zero-order chi connectivity index (χ0) is 26.1. The highest BCUT2D eigenvalue weighted by atomic mass is 19.1. The van der Waals surface area contributed by atoms with E-state index in [4.69, 9.17) is 4.84 Å². The Morgan fingerprint density at radius 3 is 2.72 bits per heavy atom. The smallest absolute Gasteiger partial charge is 0.330 e. The normalized spacial score (nSPS) is 18.0. The van der Waals surface area contributed by atoms with Gasteiger partial charge in [-0.2, -0.15) is 0 Å². The van der Waals surface area contributed by atoms with Crippen molar-refractivity contribution in [2.24, 2.45) is 5.92 Å². The van der Waals surface area contributed by atoms with Gasteiger partial charge in [0.25, 0.3) is 5.82 Å². The summed E-state index contributed by atoms with van der Waals surface area (Å²) in [4.78, 5) is 44.7. The Morgan fingerprint density at radius 1 is 1.31 bits per heavy atom. The van der Waals surface area contributed by atoms with Gasteiger partial charge in [0.1, 0.15) is 25.0 Å². The van der Waals surface area contributed by atoms with Crippen molar-refractivity contribution >= 4 is 24.0 Å². The number of aromatic nitrogens is 1. The monoisotopic (exact) mass is 504 g/mol. The van der Waals surface area contributed by atoms with Crippen LogP contribution in [0, 0.1) is 16.9 Å². The fraction of sp³-hybridized carbons (Fsp3) is 0.440. The van der Waals surface area contributed by atoms with Gasteiger partial charge in [-0.25, -0.2) is 28.7 Å². The van der Waals surface area contributed by atoms with Gasteiger partial charge in [-0.1, -0.05) is 50.1 Å². The number of unbranched alkanes of at least 4 members (excludes halogenated alkanes) is 1. The van der Waals surface area contributed by atoms with E-state index in [2.05, 4.69) is 5.32 Å². The summed E-state index contributed by atoms with van der Waals surface area (Å²) in [6, 6.07) is 10.1. The molecule has 9 nitrogen and oxygen atoms in total. The van der Waals surface area contributed by atoms with Gasteiger partial charge < -0.3 is 10.1 Å². The third-order valence-corrected chi connectivity index (χ3v) is 5.98. The third kappa shape index (κ3) is 7.20. The first-order valence-corrected chi connectivity index (χ1v) is 11.8. The fourth-order valence-electron chi connectivity index (χ4n) is 4.09. The van der Waals surface area contributed by atoms with Crippen LogP contribution in [0.5, 0.6) is 0 Å². The van der Waals surface area contributed by atoms with Gasteiger partial charge in [0.05, 0.1) is 19.0 Å². The molecule has 2 aromatic rings. The molecule has 11 heteroatoms. The molecule has 1 saturated heterocycles. The number of halogens is 2. The summed E-state index contributed by atoms with van der Waals surface area (Å²) in [7, 11) is 0. The molecule has 0 radical (unpaired) electrons. The highest BCUT2D eigenvalue weighted by Crippen LogP contribution is 2.26. The maximum absolute atomic E-state index is 14.4. The van der Waals surface area contributed by atoms with Crippen LogP contribution in [0.4, 0.5) is 14.6 Å². The molecule has 194 valence electrons. The molecule has 1 aromatic heterocycles. The van der Waals surface area contributed by atoms with Crippen molar-refractivity contribution in [2.75, 3.05) is 18.4 Å². The minimum Gasteiger partial charge on any atom is -0.711 e. The summed E-state index contributed by atoms with van der Waals surface area (Å²) >= 11 is 0. The molecule has 0 aliphatic carbocycles. The van der Waals surface area contributed by atoms with E-state index in [-0.39, 0.29) is 36.7 Å².